The third kappa shape index (κ3) is 4.28. The Morgan fingerprint density at radius 1 is 1.00 bits per heavy atom. The van der Waals surface area contributed by atoms with Crippen molar-refractivity contribution in [2.24, 2.45) is 14.1 Å². The predicted molar refractivity (Wildman–Crippen MR) is 132 cm³/mol. The van der Waals surface area contributed by atoms with Crippen molar-refractivity contribution in [3.63, 3.8) is 0 Å². The van der Waals surface area contributed by atoms with Gasteiger partial charge in [0, 0.05) is 30.6 Å². The number of aromatic nitrogens is 4. The van der Waals surface area contributed by atoms with Crippen LogP contribution in [0.15, 0.2) is 57.1 Å². The Labute approximate surface area is 194 Å². The average molecular weight is 464 g/mol. The molecular formula is C24H25N5O3S. The van der Waals surface area contributed by atoms with E-state index in [1.165, 1.54) is 11.6 Å². The first-order chi connectivity index (χ1) is 15.6. The van der Waals surface area contributed by atoms with Crippen LogP contribution in [0.25, 0.3) is 21.8 Å². The Morgan fingerprint density at radius 3 is 2.42 bits per heavy atom. The highest BCUT2D eigenvalue weighted by atomic mass is 32.2. The van der Waals surface area contributed by atoms with Crippen molar-refractivity contribution in [1.82, 2.24) is 19.1 Å². The molecule has 4 aromatic rings. The van der Waals surface area contributed by atoms with E-state index in [-0.39, 0.29) is 22.7 Å². The number of anilines is 1. The zero-order chi connectivity index (χ0) is 23.9. The molecule has 0 unspecified atom stereocenters. The van der Waals surface area contributed by atoms with Gasteiger partial charge in [0.1, 0.15) is 16.2 Å². The van der Waals surface area contributed by atoms with Crippen molar-refractivity contribution >= 4 is 45.2 Å². The summed E-state index contributed by atoms with van der Waals surface area (Å²) >= 11 is 1.16. The van der Waals surface area contributed by atoms with Crippen LogP contribution in [-0.2, 0) is 24.3 Å². The second-order valence-corrected chi connectivity index (χ2v) is 9.83. The topological polar surface area (TPSA) is 98.9 Å². The van der Waals surface area contributed by atoms with Crippen molar-refractivity contribution < 1.29 is 4.79 Å². The number of thioether (sulfide) groups is 1. The molecule has 2 aromatic carbocycles. The zero-order valence-electron chi connectivity index (χ0n) is 19.2. The van der Waals surface area contributed by atoms with Gasteiger partial charge in [0.05, 0.1) is 5.75 Å². The van der Waals surface area contributed by atoms with Gasteiger partial charge in [-0.25, -0.2) is 14.8 Å². The van der Waals surface area contributed by atoms with E-state index in [9.17, 15) is 14.4 Å². The summed E-state index contributed by atoms with van der Waals surface area (Å²) < 4.78 is 2.37. The Bertz CT molecular complexity index is 1510. The van der Waals surface area contributed by atoms with Gasteiger partial charge >= 0.3 is 5.69 Å². The smallest absolute Gasteiger partial charge is 0.325 e. The number of nitrogens with one attached hydrogen (secondary N) is 1. The molecule has 8 nitrogen and oxygen atoms in total. The summed E-state index contributed by atoms with van der Waals surface area (Å²) in [5.41, 5.74) is -0.368. The summed E-state index contributed by atoms with van der Waals surface area (Å²) in [5, 5.41) is 5.55. The Kier molecular flexibility index (Phi) is 5.84. The second-order valence-electron chi connectivity index (χ2n) is 8.87. The van der Waals surface area contributed by atoms with Crippen LogP contribution in [0, 0.1) is 0 Å². The molecule has 0 radical (unpaired) electrons. The van der Waals surface area contributed by atoms with Gasteiger partial charge < -0.3 is 5.32 Å². The molecule has 0 spiro atoms. The van der Waals surface area contributed by atoms with Crippen LogP contribution >= 0.6 is 11.8 Å². The Morgan fingerprint density at radius 2 is 1.70 bits per heavy atom. The van der Waals surface area contributed by atoms with E-state index in [0.29, 0.717) is 10.9 Å². The van der Waals surface area contributed by atoms with E-state index in [4.69, 9.17) is 0 Å². The largest absolute Gasteiger partial charge is 0.332 e. The first-order valence-electron chi connectivity index (χ1n) is 10.5. The fourth-order valence-corrected chi connectivity index (χ4v) is 4.34. The molecular weight excluding hydrogens is 438 g/mol. The van der Waals surface area contributed by atoms with Crippen molar-refractivity contribution in [3.8, 4) is 0 Å². The summed E-state index contributed by atoms with van der Waals surface area (Å²) in [4.78, 5) is 47.3. The van der Waals surface area contributed by atoms with Gasteiger partial charge in [-0.2, -0.15) is 0 Å². The summed E-state index contributed by atoms with van der Waals surface area (Å²) in [6, 6.07) is 13.5. The molecule has 0 aliphatic heterocycles. The quantitative estimate of drug-likeness (QED) is 0.369. The molecule has 0 aliphatic carbocycles. The lowest BCUT2D eigenvalue weighted by Gasteiger charge is -2.19. The number of carbonyl (C=O) groups is 1. The van der Waals surface area contributed by atoms with E-state index >= 15 is 0 Å². The normalized spacial score (nSPS) is 11.8. The number of carbonyl (C=O) groups excluding carboxylic acids is 1. The van der Waals surface area contributed by atoms with Crippen LogP contribution in [0.3, 0.4) is 0 Å². The minimum Gasteiger partial charge on any atom is -0.325 e. The van der Waals surface area contributed by atoms with Crippen molar-refractivity contribution in [2.75, 3.05) is 11.1 Å². The van der Waals surface area contributed by atoms with E-state index < -0.39 is 16.7 Å². The van der Waals surface area contributed by atoms with E-state index in [2.05, 4.69) is 15.3 Å². The van der Waals surface area contributed by atoms with Crippen LogP contribution in [0.1, 0.15) is 26.6 Å². The van der Waals surface area contributed by atoms with Crippen LogP contribution in [0.2, 0.25) is 0 Å². The summed E-state index contributed by atoms with van der Waals surface area (Å²) in [7, 11) is 2.99. The van der Waals surface area contributed by atoms with Crippen molar-refractivity contribution in [3.05, 3.63) is 69.1 Å². The van der Waals surface area contributed by atoms with Crippen LogP contribution in [-0.4, -0.2) is 30.8 Å². The molecule has 0 saturated carbocycles. The molecule has 1 amide bonds. The molecule has 0 saturated heterocycles. The highest BCUT2D eigenvalue weighted by molar-refractivity contribution is 8.00. The standard InChI is InChI=1S/C24H25N5O3S/c1-24(2,3)22-26-19-18(21(31)29(5)23(32)28(19)4)20(27-22)33-13-17(30)25-16-12-8-10-14-9-6-7-11-15(14)16/h6-12H,13H2,1-5H3,(H,25,30). The van der Waals surface area contributed by atoms with Gasteiger partial charge in [0.2, 0.25) is 5.91 Å². The number of aryl methyl sites for hydroxylation is 1. The average Bonchev–Trinajstić information content (AvgIpc) is 2.79. The lowest BCUT2D eigenvalue weighted by Crippen LogP contribution is -2.38. The Balaban J connectivity index is 1.71. The fourth-order valence-electron chi connectivity index (χ4n) is 3.52. The summed E-state index contributed by atoms with van der Waals surface area (Å²) in [6.07, 6.45) is 0. The van der Waals surface area contributed by atoms with Gasteiger partial charge in [-0.1, -0.05) is 68.9 Å². The highest BCUT2D eigenvalue weighted by Gasteiger charge is 2.24. The van der Waals surface area contributed by atoms with Gasteiger partial charge in [-0.15, -0.1) is 0 Å². The number of amides is 1. The molecule has 0 aliphatic rings. The molecule has 0 bridgehead atoms. The number of fused-ring (bicyclic) bond motifs is 2. The monoisotopic (exact) mass is 463 g/mol. The lowest BCUT2D eigenvalue weighted by atomic mass is 9.96. The first kappa shape index (κ1) is 22.7. The molecule has 0 atom stereocenters. The number of nitrogens with zero attached hydrogens (tertiary/aromatic N) is 4. The van der Waals surface area contributed by atoms with Crippen molar-refractivity contribution in [1.29, 1.82) is 0 Å². The first-order valence-corrected chi connectivity index (χ1v) is 11.4. The summed E-state index contributed by atoms with van der Waals surface area (Å²) in [5.74, 6) is 0.322. The molecule has 2 aromatic heterocycles. The van der Waals surface area contributed by atoms with E-state index in [1.807, 2.05) is 63.2 Å². The minimum absolute atomic E-state index is 0.0465. The van der Waals surface area contributed by atoms with Crippen LogP contribution in [0.5, 0.6) is 0 Å². The molecule has 0 fully saturated rings. The van der Waals surface area contributed by atoms with Crippen molar-refractivity contribution in [2.45, 2.75) is 31.2 Å². The molecule has 33 heavy (non-hydrogen) atoms. The van der Waals surface area contributed by atoms with Gasteiger partial charge in [-0.05, 0) is 11.5 Å². The maximum Gasteiger partial charge on any atom is 0.332 e. The number of rotatable bonds is 4. The van der Waals surface area contributed by atoms with Gasteiger partial charge in [-0.3, -0.25) is 18.7 Å². The lowest BCUT2D eigenvalue weighted by molar-refractivity contribution is -0.113. The van der Waals surface area contributed by atoms with Gasteiger partial charge in [0.25, 0.3) is 5.56 Å². The minimum atomic E-state index is -0.481. The highest BCUT2D eigenvalue weighted by Crippen LogP contribution is 2.28. The second kappa shape index (κ2) is 8.47. The van der Waals surface area contributed by atoms with E-state index in [1.54, 1.807) is 7.05 Å². The number of hydrogen-bond donors (Lipinski definition) is 1. The van der Waals surface area contributed by atoms with Crippen LogP contribution < -0.4 is 16.6 Å². The fraction of sp³-hybridized carbons (Fsp3) is 0.292. The third-order valence-electron chi connectivity index (χ3n) is 5.34. The number of hydrogen-bond acceptors (Lipinski definition) is 6. The Hall–Kier alpha value is -3.46. The predicted octanol–water partition coefficient (Wildman–Crippen LogP) is 3.21. The summed E-state index contributed by atoms with van der Waals surface area (Å²) in [6.45, 7) is 5.86. The zero-order valence-corrected chi connectivity index (χ0v) is 20.0. The molecule has 2 heterocycles. The maximum absolute atomic E-state index is 12.9. The van der Waals surface area contributed by atoms with E-state index in [0.717, 1.165) is 32.8 Å². The molecule has 4 rings (SSSR count). The molecule has 1 N–H and O–H groups in total. The SMILES string of the molecule is Cn1c(=O)c2c(SCC(=O)Nc3cccc4ccccc34)nc(C(C)(C)C)nc2n(C)c1=O. The molecule has 9 heteroatoms. The third-order valence-corrected chi connectivity index (χ3v) is 6.32. The van der Waals surface area contributed by atoms with Gasteiger partial charge in [0.15, 0.2) is 5.65 Å². The number of benzene rings is 2. The maximum atomic E-state index is 12.9. The molecule has 170 valence electrons. The van der Waals surface area contributed by atoms with Crippen LogP contribution in [0.4, 0.5) is 5.69 Å².